The Labute approximate surface area is 223 Å². The van der Waals surface area contributed by atoms with Gasteiger partial charge in [-0.1, -0.05) is 64.4 Å². The number of methoxy groups -OCH3 is 1. The van der Waals surface area contributed by atoms with Crippen LogP contribution in [0.3, 0.4) is 0 Å². The van der Waals surface area contributed by atoms with Crippen LogP contribution in [0, 0.1) is 18.6 Å². The number of aryl methyl sites for hydroxylation is 1. The third-order valence-electron chi connectivity index (χ3n) is 5.89. The summed E-state index contributed by atoms with van der Waals surface area (Å²) < 4.78 is 33.5. The average molecular weight is 561 g/mol. The molecule has 0 saturated carbocycles. The molecule has 1 N–H and O–H groups in total. The summed E-state index contributed by atoms with van der Waals surface area (Å²) in [6.45, 7) is 1.83. The number of fused-ring (bicyclic) bond motifs is 1. The number of halogens is 4. The average Bonchev–Trinajstić information content (AvgIpc) is 3.37. The van der Waals surface area contributed by atoms with E-state index in [4.69, 9.17) is 27.9 Å². The first-order valence-electron chi connectivity index (χ1n) is 10.8. The number of aliphatic hydroxyl groups is 1. The van der Waals surface area contributed by atoms with E-state index in [1.807, 2.05) is 13.0 Å². The Hall–Kier alpha value is -3.53. The lowest BCUT2D eigenvalue weighted by Crippen LogP contribution is -2.29. The van der Waals surface area contributed by atoms with Gasteiger partial charge < -0.3 is 9.84 Å². The third kappa shape index (κ3) is 4.22. The van der Waals surface area contributed by atoms with Gasteiger partial charge in [0.1, 0.15) is 17.1 Å². The zero-order valence-corrected chi connectivity index (χ0v) is 21.5. The van der Waals surface area contributed by atoms with Crippen molar-refractivity contribution in [1.82, 2.24) is 4.98 Å². The predicted molar refractivity (Wildman–Crippen MR) is 139 cm³/mol. The van der Waals surface area contributed by atoms with Gasteiger partial charge in [0.2, 0.25) is 0 Å². The Kier molecular flexibility index (Phi) is 6.39. The first kappa shape index (κ1) is 25.1. The van der Waals surface area contributed by atoms with Gasteiger partial charge in [0.05, 0.1) is 33.5 Å². The van der Waals surface area contributed by atoms with Crippen molar-refractivity contribution >= 4 is 67.3 Å². The number of Topliss-reactive ketones (excluding diaryl/α,β-unsaturated/α-hetero) is 1. The molecule has 11 heteroatoms. The predicted octanol–water partition coefficient (Wildman–Crippen LogP) is 6.82. The van der Waals surface area contributed by atoms with Gasteiger partial charge in [-0.25, -0.2) is 13.8 Å². The molecule has 0 bridgehead atoms. The van der Waals surface area contributed by atoms with Crippen LogP contribution in [0.2, 0.25) is 10.0 Å². The second kappa shape index (κ2) is 9.41. The molecule has 188 valence electrons. The minimum atomic E-state index is -1.12. The van der Waals surface area contributed by atoms with Gasteiger partial charge in [0.15, 0.2) is 16.7 Å². The number of nitrogens with zero attached hydrogens (tertiary/aromatic N) is 2. The summed E-state index contributed by atoms with van der Waals surface area (Å²) in [6.07, 6.45) is 0. The monoisotopic (exact) mass is 560 g/mol. The summed E-state index contributed by atoms with van der Waals surface area (Å²) in [4.78, 5) is 32.0. The van der Waals surface area contributed by atoms with Gasteiger partial charge in [-0.05, 0) is 30.7 Å². The van der Waals surface area contributed by atoms with Crippen LogP contribution >= 0.6 is 34.5 Å². The molecule has 1 aromatic heterocycles. The van der Waals surface area contributed by atoms with Crippen molar-refractivity contribution in [3.63, 3.8) is 0 Å². The molecule has 1 fully saturated rings. The molecule has 0 spiro atoms. The number of amides is 1. The molecule has 2 heterocycles. The lowest BCUT2D eigenvalue weighted by atomic mass is 9.94. The van der Waals surface area contributed by atoms with Gasteiger partial charge >= 0.3 is 5.91 Å². The molecule has 1 saturated heterocycles. The maximum absolute atomic E-state index is 14.4. The lowest BCUT2D eigenvalue weighted by Gasteiger charge is -2.23. The number of carbonyl (C=O) groups excluding carboxylic acids is 2. The van der Waals surface area contributed by atoms with Crippen molar-refractivity contribution in [1.29, 1.82) is 0 Å². The van der Waals surface area contributed by atoms with Crippen molar-refractivity contribution in [3.8, 4) is 5.75 Å². The number of ether oxygens (including phenoxy) is 1. The van der Waals surface area contributed by atoms with Crippen LogP contribution < -0.4 is 9.64 Å². The van der Waals surface area contributed by atoms with Crippen LogP contribution in [-0.4, -0.2) is 28.9 Å². The Morgan fingerprint density at radius 1 is 1.11 bits per heavy atom. The third-order valence-corrected chi connectivity index (χ3v) is 7.45. The fourth-order valence-corrected chi connectivity index (χ4v) is 5.95. The van der Waals surface area contributed by atoms with Crippen LogP contribution in [0.25, 0.3) is 16.0 Å². The summed E-state index contributed by atoms with van der Waals surface area (Å²) in [6, 6.07) is 10.4. The molecule has 1 atom stereocenters. The highest BCUT2D eigenvalue weighted by Gasteiger charge is 2.48. The van der Waals surface area contributed by atoms with Crippen molar-refractivity contribution in [2.45, 2.75) is 13.0 Å². The quantitative estimate of drug-likeness (QED) is 0.168. The minimum Gasteiger partial charge on any atom is -0.507 e. The highest BCUT2D eigenvalue weighted by atomic mass is 35.5. The Bertz CT molecular complexity index is 1630. The van der Waals surface area contributed by atoms with Crippen molar-refractivity contribution in [3.05, 3.63) is 92.5 Å². The van der Waals surface area contributed by atoms with E-state index in [0.717, 1.165) is 27.9 Å². The van der Waals surface area contributed by atoms with Crippen LogP contribution in [0.15, 0.2) is 54.1 Å². The number of aromatic nitrogens is 1. The van der Waals surface area contributed by atoms with Gasteiger partial charge in [0.25, 0.3) is 5.78 Å². The molecule has 6 nitrogen and oxygen atoms in total. The number of anilines is 1. The normalized spacial score (nSPS) is 17.1. The van der Waals surface area contributed by atoms with Gasteiger partial charge in [-0.2, -0.15) is 0 Å². The molecule has 1 unspecified atom stereocenters. The van der Waals surface area contributed by atoms with Crippen LogP contribution in [-0.2, 0) is 9.59 Å². The summed E-state index contributed by atoms with van der Waals surface area (Å²) in [5.41, 5.74) is 1.04. The molecule has 1 aliphatic heterocycles. The number of hydrogen-bond donors (Lipinski definition) is 1. The number of carbonyl (C=O) groups is 2. The summed E-state index contributed by atoms with van der Waals surface area (Å²) in [5.74, 6) is -4.01. The molecule has 1 aliphatic rings. The molecule has 1 amide bonds. The second-order valence-electron chi connectivity index (χ2n) is 8.29. The Morgan fingerprint density at radius 3 is 2.46 bits per heavy atom. The first-order valence-corrected chi connectivity index (χ1v) is 12.3. The van der Waals surface area contributed by atoms with E-state index in [9.17, 15) is 23.5 Å². The lowest BCUT2D eigenvalue weighted by molar-refractivity contribution is -0.132. The van der Waals surface area contributed by atoms with Crippen LogP contribution in [0.5, 0.6) is 5.75 Å². The molecule has 37 heavy (non-hydrogen) atoms. The van der Waals surface area contributed by atoms with Crippen molar-refractivity contribution in [2.24, 2.45) is 0 Å². The molecule has 5 rings (SSSR count). The van der Waals surface area contributed by atoms with E-state index in [2.05, 4.69) is 4.98 Å². The SMILES string of the molecule is COc1c(Cl)cc(/C(O)=C2\C(=O)C(=O)N(c3nc4c(F)cc(F)cc4s3)C2c2cccc(C)c2)cc1Cl. The van der Waals surface area contributed by atoms with E-state index in [0.29, 0.717) is 11.6 Å². The van der Waals surface area contributed by atoms with E-state index in [1.54, 1.807) is 18.2 Å². The van der Waals surface area contributed by atoms with Crippen LogP contribution in [0.1, 0.15) is 22.7 Å². The zero-order chi connectivity index (χ0) is 26.6. The standard InChI is InChI=1S/C26H16Cl2F2N2O4S/c1-11-4-3-5-12(6-11)21-19(22(33)13-7-15(27)24(36-2)16(28)8-13)23(34)25(35)32(21)26-31-20-17(30)9-14(29)10-18(20)37-26/h3-10,21,33H,1-2H3/b22-19+. The molecule has 3 aromatic carbocycles. The fourth-order valence-electron chi connectivity index (χ4n) is 4.28. The first-order chi connectivity index (χ1) is 17.6. The highest BCUT2D eigenvalue weighted by molar-refractivity contribution is 7.22. The number of thiazole rings is 1. The highest BCUT2D eigenvalue weighted by Crippen LogP contribution is 2.45. The number of aliphatic hydroxyl groups excluding tert-OH is 1. The summed E-state index contributed by atoms with van der Waals surface area (Å²) in [5, 5.41) is 11.4. The zero-order valence-electron chi connectivity index (χ0n) is 19.2. The number of benzene rings is 3. The van der Waals surface area contributed by atoms with E-state index in [1.165, 1.54) is 19.2 Å². The maximum atomic E-state index is 14.4. The smallest absolute Gasteiger partial charge is 0.301 e. The molecule has 0 aliphatic carbocycles. The fraction of sp³-hybridized carbons (Fsp3) is 0.115. The van der Waals surface area contributed by atoms with Gasteiger partial charge in [0, 0.05) is 11.6 Å². The Morgan fingerprint density at radius 2 is 1.81 bits per heavy atom. The largest absolute Gasteiger partial charge is 0.507 e. The molecule has 4 aromatic rings. The Balaban J connectivity index is 1.76. The van der Waals surface area contributed by atoms with E-state index in [-0.39, 0.29) is 42.3 Å². The second-order valence-corrected chi connectivity index (χ2v) is 10.1. The summed E-state index contributed by atoms with van der Waals surface area (Å²) in [7, 11) is 1.38. The molecule has 0 radical (unpaired) electrons. The number of hydrogen-bond acceptors (Lipinski definition) is 6. The van der Waals surface area contributed by atoms with E-state index >= 15 is 0 Å². The topological polar surface area (TPSA) is 79.7 Å². The van der Waals surface area contributed by atoms with Crippen LogP contribution in [0.4, 0.5) is 13.9 Å². The van der Waals surface area contributed by atoms with Crippen molar-refractivity contribution < 1.29 is 28.2 Å². The summed E-state index contributed by atoms with van der Waals surface area (Å²) >= 11 is 13.3. The maximum Gasteiger partial charge on any atom is 0.301 e. The van der Waals surface area contributed by atoms with Gasteiger partial charge in [-0.3, -0.25) is 14.5 Å². The minimum absolute atomic E-state index is 0.0297. The number of rotatable bonds is 4. The van der Waals surface area contributed by atoms with Gasteiger partial charge in [-0.15, -0.1) is 0 Å². The molecular weight excluding hydrogens is 545 g/mol. The van der Waals surface area contributed by atoms with Crippen molar-refractivity contribution in [2.75, 3.05) is 12.0 Å². The molecular formula is C26H16Cl2F2N2O4S. The van der Waals surface area contributed by atoms with E-state index < -0.39 is 35.1 Å². The number of ketones is 1.